The lowest BCUT2D eigenvalue weighted by Crippen LogP contribution is -2.23. The second-order valence-corrected chi connectivity index (χ2v) is 6.59. The summed E-state index contributed by atoms with van der Waals surface area (Å²) in [6, 6.07) is 0. The zero-order valence-electron chi connectivity index (χ0n) is 12.6. The van der Waals surface area contributed by atoms with Crippen LogP contribution in [0.5, 0.6) is 0 Å². The maximum Gasteiger partial charge on any atom is 0.0619 e. The molecule has 0 unspecified atom stereocenters. The predicted molar refractivity (Wildman–Crippen MR) is 79.9 cm³/mol. The Balaban J connectivity index is 2.20. The van der Waals surface area contributed by atoms with Gasteiger partial charge in [-0.3, -0.25) is 0 Å². The van der Waals surface area contributed by atoms with E-state index in [4.69, 9.17) is 0 Å². The van der Waals surface area contributed by atoms with E-state index in [1.54, 1.807) is 0 Å². The molecular formula is C17H34O. The molecule has 1 nitrogen and oxygen atoms in total. The van der Waals surface area contributed by atoms with Gasteiger partial charge in [-0.2, -0.15) is 0 Å². The van der Waals surface area contributed by atoms with Crippen molar-refractivity contribution in [2.45, 2.75) is 109 Å². The standard InChI is InChI=1S/C17H34O/c1-17(18)15-13-11-9-7-5-3-2-4-6-8-10-12-14-16-17/h18H,2-16H2,1H3. The fraction of sp³-hybridized carbons (Fsp3) is 1.00. The molecule has 1 aliphatic carbocycles. The van der Waals surface area contributed by atoms with Crippen LogP contribution < -0.4 is 0 Å². The van der Waals surface area contributed by atoms with Gasteiger partial charge < -0.3 is 5.11 Å². The molecule has 0 bridgehead atoms. The van der Waals surface area contributed by atoms with Crippen LogP contribution in [-0.2, 0) is 0 Å². The van der Waals surface area contributed by atoms with Gasteiger partial charge in [-0.15, -0.1) is 0 Å². The number of hydrogen-bond donors (Lipinski definition) is 1. The number of rotatable bonds is 0. The maximum absolute atomic E-state index is 10.3. The van der Waals surface area contributed by atoms with Gasteiger partial charge in [-0.05, 0) is 19.8 Å². The lowest BCUT2D eigenvalue weighted by molar-refractivity contribution is 0.0366. The largest absolute Gasteiger partial charge is 0.390 e. The molecule has 0 aromatic heterocycles. The molecule has 0 spiro atoms. The van der Waals surface area contributed by atoms with Crippen LogP contribution >= 0.6 is 0 Å². The average Bonchev–Trinajstić information content (AvgIpc) is 2.32. The Bertz CT molecular complexity index is 168. The van der Waals surface area contributed by atoms with Gasteiger partial charge in [-0.1, -0.05) is 83.5 Å². The Kier molecular flexibility index (Phi) is 8.75. The van der Waals surface area contributed by atoms with E-state index in [0.717, 1.165) is 12.8 Å². The molecule has 0 radical (unpaired) electrons. The molecule has 0 atom stereocenters. The van der Waals surface area contributed by atoms with Crippen LogP contribution in [0.4, 0.5) is 0 Å². The molecule has 1 N–H and O–H groups in total. The zero-order valence-corrected chi connectivity index (χ0v) is 12.6. The summed E-state index contributed by atoms with van der Waals surface area (Å²) in [5.74, 6) is 0. The number of hydrogen-bond acceptors (Lipinski definition) is 1. The summed E-state index contributed by atoms with van der Waals surface area (Å²) in [7, 11) is 0. The van der Waals surface area contributed by atoms with Gasteiger partial charge in [0.2, 0.25) is 0 Å². The summed E-state index contributed by atoms with van der Waals surface area (Å²) >= 11 is 0. The third kappa shape index (κ3) is 8.97. The second-order valence-electron chi connectivity index (χ2n) is 6.59. The molecule has 1 aliphatic rings. The van der Waals surface area contributed by atoms with Crippen LogP contribution in [0.1, 0.15) is 103 Å². The molecule has 0 heterocycles. The third-order valence-corrected chi connectivity index (χ3v) is 4.43. The molecule has 108 valence electrons. The van der Waals surface area contributed by atoms with Crippen molar-refractivity contribution < 1.29 is 5.11 Å². The van der Waals surface area contributed by atoms with Crippen LogP contribution in [0.25, 0.3) is 0 Å². The molecule has 0 amide bonds. The summed E-state index contributed by atoms with van der Waals surface area (Å²) in [6.07, 6.45) is 19.8. The molecule has 0 saturated heterocycles. The fourth-order valence-electron chi connectivity index (χ4n) is 3.08. The van der Waals surface area contributed by atoms with Gasteiger partial charge in [0.05, 0.1) is 5.60 Å². The van der Waals surface area contributed by atoms with E-state index in [2.05, 4.69) is 0 Å². The van der Waals surface area contributed by atoms with Crippen LogP contribution in [0, 0.1) is 0 Å². The zero-order chi connectivity index (χ0) is 13.1. The Labute approximate surface area is 114 Å². The van der Waals surface area contributed by atoms with Crippen molar-refractivity contribution >= 4 is 0 Å². The first-order valence-corrected chi connectivity index (χ1v) is 8.43. The molecule has 1 rings (SSSR count). The highest BCUT2D eigenvalue weighted by molar-refractivity contribution is 4.72. The smallest absolute Gasteiger partial charge is 0.0619 e. The minimum atomic E-state index is -0.392. The monoisotopic (exact) mass is 254 g/mol. The van der Waals surface area contributed by atoms with Gasteiger partial charge in [0.15, 0.2) is 0 Å². The molecule has 1 heteroatoms. The SMILES string of the molecule is CC1(O)CCCCCCCCCCCCCCC1. The highest BCUT2D eigenvalue weighted by Crippen LogP contribution is 2.23. The maximum atomic E-state index is 10.3. The molecule has 0 aromatic rings. The minimum Gasteiger partial charge on any atom is -0.390 e. The molecule has 18 heavy (non-hydrogen) atoms. The predicted octanol–water partition coefficient (Wildman–Crippen LogP) is 5.60. The summed E-state index contributed by atoms with van der Waals surface area (Å²) < 4.78 is 0. The van der Waals surface area contributed by atoms with Crippen molar-refractivity contribution in [3.05, 3.63) is 0 Å². The quantitative estimate of drug-likeness (QED) is 0.596. The Morgan fingerprint density at radius 1 is 0.500 bits per heavy atom. The average molecular weight is 254 g/mol. The van der Waals surface area contributed by atoms with Crippen LogP contribution in [-0.4, -0.2) is 10.7 Å². The molecule has 1 fully saturated rings. The number of aliphatic hydroxyl groups is 1. The first-order valence-electron chi connectivity index (χ1n) is 8.43. The Hall–Kier alpha value is -0.0400. The molecular weight excluding hydrogens is 220 g/mol. The van der Waals surface area contributed by atoms with Gasteiger partial charge in [0.25, 0.3) is 0 Å². The van der Waals surface area contributed by atoms with E-state index in [1.807, 2.05) is 6.92 Å². The summed E-state index contributed by atoms with van der Waals surface area (Å²) in [5, 5.41) is 10.3. The summed E-state index contributed by atoms with van der Waals surface area (Å²) in [5.41, 5.74) is -0.392. The molecule has 0 aliphatic heterocycles. The van der Waals surface area contributed by atoms with Crippen molar-refractivity contribution in [2.24, 2.45) is 0 Å². The van der Waals surface area contributed by atoms with Crippen molar-refractivity contribution in [1.29, 1.82) is 0 Å². The summed E-state index contributed by atoms with van der Waals surface area (Å²) in [4.78, 5) is 0. The van der Waals surface area contributed by atoms with E-state index in [0.29, 0.717) is 0 Å². The van der Waals surface area contributed by atoms with Gasteiger partial charge in [-0.25, -0.2) is 0 Å². The van der Waals surface area contributed by atoms with Crippen molar-refractivity contribution in [3.8, 4) is 0 Å². The van der Waals surface area contributed by atoms with Crippen molar-refractivity contribution in [3.63, 3.8) is 0 Å². The Morgan fingerprint density at radius 2 is 0.722 bits per heavy atom. The lowest BCUT2D eigenvalue weighted by Gasteiger charge is -2.23. The first kappa shape index (κ1) is 16.0. The third-order valence-electron chi connectivity index (χ3n) is 4.43. The highest BCUT2D eigenvalue weighted by atomic mass is 16.3. The summed E-state index contributed by atoms with van der Waals surface area (Å²) in [6.45, 7) is 2.04. The van der Waals surface area contributed by atoms with Crippen LogP contribution in [0.2, 0.25) is 0 Å². The van der Waals surface area contributed by atoms with E-state index >= 15 is 0 Å². The molecule has 0 aromatic carbocycles. The van der Waals surface area contributed by atoms with Crippen molar-refractivity contribution in [1.82, 2.24) is 0 Å². The second kappa shape index (κ2) is 9.83. The minimum absolute atomic E-state index is 0.392. The van der Waals surface area contributed by atoms with Gasteiger partial charge in [0.1, 0.15) is 0 Å². The van der Waals surface area contributed by atoms with E-state index in [1.165, 1.54) is 83.5 Å². The Morgan fingerprint density at radius 3 is 1.00 bits per heavy atom. The highest BCUT2D eigenvalue weighted by Gasteiger charge is 2.18. The normalized spacial score (nSPS) is 25.7. The molecule has 1 saturated carbocycles. The van der Waals surface area contributed by atoms with E-state index in [9.17, 15) is 5.11 Å². The van der Waals surface area contributed by atoms with E-state index < -0.39 is 5.60 Å². The topological polar surface area (TPSA) is 20.2 Å². The first-order chi connectivity index (χ1) is 8.71. The van der Waals surface area contributed by atoms with Gasteiger partial charge >= 0.3 is 0 Å². The van der Waals surface area contributed by atoms with Crippen LogP contribution in [0.15, 0.2) is 0 Å². The van der Waals surface area contributed by atoms with Gasteiger partial charge in [0, 0.05) is 0 Å². The van der Waals surface area contributed by atoms with E-state index in [-0.39, 0.29) is 0 Å². The van der Waals surface area contributed by atoms with Crippen molar-refractivity contribution in [2.75, 3.05) is 0 Å². The lowest BCUT2D eigenvalue weighted by atomic mass is 9.91. The fourth-order valence-corrected chi connectivity index (χ4v) is 3.08. The van der Waals surface area contributed by atoms with Crippen LogP contribution in [0.3, 0.4) is 0 Å².